The number of phosphoric acid groups is 1. The van der Waals surface area contributed by atoms with Gasteiger partial charge in [0.05, 0.1) is 26.7 Å². The summed E-state index contributed by atoms with van der Waals surface area (Å²) in [5.41, 5.74) is 0. The van der Waals surface area contributed by atoms with E-state index in [1.54, 1.807) is 0 Å². The van der Waals surface area contributed by atoms with Crippen LogP contribution in [-0.4, -0.2) is 49.3 Å². The van der Waals surface area contributed by atoms with Gasteiger partial charge in [-0.2, -0.15) is 0 Å². The molecule has 0 aromatic heterocycles. The van der Waals surface area contributed by atoms with Crippen molar-refractivity contribution in [1.82, 2.24) is 0 Å². The lowest BCUT2D eigenvalue weighted by molar-refractivity contribution is -0.897. The van der Waals surface area contributed by atoms with Crippen LogP contribution in [0.5, 0.6) is 0 Å². The summed E-state index contributed by atoms with van der Waals surface area (Å²) in [5, 5.41) is 0. The molecule has 1 saturated heterocycles. The summed E-state index contributed by atoms with van der Waals surface area (Å²) in [6, 6.07) is 0. The van der Waals surface area contributed by atoms with E-state index in [1.165, 1.54) is 83.5 Å². The Labute approximate surface area is 192 Å². The predicted octanol–water partition coefficient (Wildman–Crippen LogP) is 7.40. The van der Waals surface area contributed by atoms with Crippen molar-refractivity contribution in [3.8, 4) is 0 Å². The van der Waals surface area contributed by atoms with E-state index in [9.17, 15) is 9.46 Å². The van der Waals surface area contributed by atoms with E-state index in [4.69, 9.17) is 9.05 Å². The standard InChI is InChI=1S/C25H50NO4P/c1-3-4-5-6-7-8-9-10-11-12-13-14-15-16-17-20-24-29-31(27,28)30-25-23-26(2)21-18-19-22-26/h10-11H,3-9,12-25H2,1-2H3/p+1/b11-10-. The minimum absolute atomic E-state index is 0.289. The average Bonchev–Trinajstić information content (AvgIpc) is 3.16. The molecule has 0 aromatic carbocycles. The number of nitrogens with zero attached hydrogens (tertiary/aromatic N) is 1. The van der Waals surface area contributed by atoms with Gasteiger partial charge >= 0.3 is 7.82 Å². The van der Waals surface area contributed by atoms with Gasteiger partial charge in [0.25, 0.3) is 0 Å². The second-order valence-electron chi connectivity index (χ2n) is 9.57. The van der Waals surface area contributed by atoms with Crippen LogP contribution in [0, 0.1) is 0 Å². The van der Waals surface area contributed by atoms with E-state index in [1.807, 2.05) is 0 Å². The molecule has 0 radical (unpaired) electrons. The zero-order chi connectivity index (χ0) is 22.7. The molecule has 0 spiro atoms. The van der Waals surface area contributed by atoms with Gasteiger partial charge in [-0.05, 0) is 32.1 Å². The Balaban J connectivity index is 1.84. The number of likely N-dealkylation sites (tertiary alicyclic amines) is 1. The minimum Gasteiger partial charge on any atom is -0.324 e. The molecule has 6 heteroatoms. The number of hydrogen-bond donors (Lipinski definition) is 1. The summed E-state index contributed by atoms with van der Waals surface area (Å²) in [6.45, 7) is 5.91. The maximum absolute atomic E-state index is 12.0. The molecule has 0 amide bonds. The lowest BCUT2D eigenvalue weighted by atomic mass is 10.1. The topological polar surface area (TPSA) is 55.8 Å². The van der Waals surface area contributed by atoms with Crippen molar-refractivity contribution in [1.29, 1.82) is 0 Å². The van der Waals surface area contributed by atoms with Crippen molar-refractivity contribution in [2.45, 2.75) is 110 Å². The van der Waals surface area contributed by atoms with Crippen LogP contribution in [0.15, 0.2) is 12.2 Å². The monoisotopic (exact) mass is 460 g/mol. The SMILES string of the molecule is CCCCCCCC/C=C\CCCCCCCCOP(=O)(O)OCC[N+]1(C)CCCC1. The first-order chi connectivity index (χ1) is 15.0. The van der Waals surface area contributed by atoms with Crippen LogP contribution in [0.1, 0.15) is 110 Å². The molecule has 1 fully saturated rings. The first-order valence-electron chi connectivity index (χ1n) is 13.1. The Morgan fingerprint density at radius 2 is 1.26 bits per heavy atom. The van der Waals surface area contributed by atoms with Gasteiger partial charge in [0.1, 0.15) is 13.2 Å². The molecule has 0 bridgehead atoms. The van der Waals surface area contributed by atoms with Crippen LogP contribution >= 0.6 is 7.82 Å². The van der Waals surface area contributed by atoms with Crippen LogP contribution < -0.4 is 0 Å². The normalized spacial score (nSPS) is 18.0. The quantitative estimate of drug-likeness (QED) is 0.0839. The highest BCUT2D eigenvalue weighted by atomic mass is 31.2. The summed E-state index contributed by atoms with van der Waals surface area (Å²) < 4.78 is 23.2. The number of quaternary nitrogens is 1. The van der Waals surface area contributed by atoms with E-state index in [2.05, 4.69) is 26.1 Å². The summed E-state index contributed by atoms with van der Waals surface area (Å²) >= 11 is 0. The fourth-order valence-corrected chi connectivity index (χ4v) is 5.01. The maximum Gasteiger partial charge on any atom is 0.472 e. The zero-order valence-electron chi connectivity index (χ0n) is 20.6. The number of unbranched alkanes of at least 4 members (excludes halogenated alkanes) is 12. The Morgan fingerprint density at radius 3 is 1.84 bits per heavy atom. The Bertz CT molecular complexity index is 492. The highest BCUT2D eigenvalue weighted by Gasteiger charge is 2.28. The highest BCUT2D eigenvalue weighted by Crippen LogP contribution is 2.43. The molecule has 1 aliphatic rings. The smallest absolute Gasteiger partial charge is 0.324 e. The zero-order valence-corrected chi connectivity index (χ0v) is 21.5. The largest absolute Gasteiger partial charge is 0.472 e. The molecule has 31 heavy (non-hydrogen) atoms. The molecule has 1 heterocycles. The third kappa shape index (κ3) is 17.0. The van der Waals surface area contributed by atoms with E-state index < -0.39 is 7.82 Å². The van der Waals surface area contributed by atoms with Gasteiger partial charge in [-0.15, -0.1) is 0 Å². The van der Waals surface area contributed by atoms with Gasteiger partial charge < -0.3 is 9.38 Å². The number of rotatable bonds is 21. The van der Waals surface area contributed by atoms with E-state index >= 15 is 0 Å². The van der Waals surface area contributed by atoms with E-state index in [0.29, 0.717) is 6.61 Å². The van der Waals surface area contributed by atoms with Crippen molar-refractivity contribution < 1.29 is 23.0 Å². The molecule has 1 N–H and O–H groups in total. The lowest BCUT2D eigenvalue weighted by Gasteiger charge is -2.29. The average molecular weight is 461 g/mol. The number of phosphoric ester groups is 1. The molecule has 1 atom stereocenters. The van der Waals surface area contributed by atoms with Crippen LogP contribution in [0.4, 0.5) is 0 Å². The molecule has 1 rings (SSSR count). The second kappa shape index (κ2) is 18.3. The van der Waals surface area contributed by atoms with Gasteiger partial charge in [0.15, 0.2) is 0 Å². The fourth-order valence-electron chi connectivity index (χ4n) is 4.27. The molecule has 1 unspecified atom stereocenters. The van der Waals surface area contributed by atoms with Gasteiger partial charge in [0.2, 0.25) is 0 Å². The van der Waals surface area contributed by atoms with Gasteiger partial charge in [-0.25, -0.2) is 4.57 Å². The minimum atomic E-state index is -3.89. The number of allylic oxidation sites excluding steroid dienone is 2. The van der Waals surface area contributed by atoms with Crippen molar-refractivity contribution in [2.24, 2.45) is 0 Å². The molecule has 184 valence electrons. The Hall–Kier alpha value is -0.190. The van der Waals surface area contributed by atoms with Crippen molar-refractivity contribution in [3.63, 3.8) is 0 Å². The number of hydrogen-bond acceptors (Lipinski definition) is 3. The van der Waals surface area contributed by atoms with Gasteiger partial charge in [0, 0.05) is 12.8 Å². The molecular formula is C25H51NO4P+. The first kappa shape index (κ1) is 28.8. The molecule has 5 nitrogen and oxygen atoms in total. The fraction of sp³-hybridized carbons (Fsp3) is 0.920. The van der Waals surface area contributed by atoms with E-state index in [0.717, 1.165) is 43.4 Å². The van der Waals surface area contributed by atoms with Gasteiger partial charge in [-0.3, -0.25) is 9.05 Å². The number of likely N-dealkylation sites (N-methyl/N-ethyl adjacent to an activating group) is 1. The van der Waals surface area contributed by atoms with Crippen LogP contribution in [0.3, 0.4) is 0 Å². The van der Waals surface area contributed by atoms with Crippen molar-refractivity contribution in [2.75, 3.05) is 39.9 Å². The molecule has 1 aliphatic heterocycles. The summed E-state index contributed by atoms with van der Waals surface area (Å²) in [4.78, 5) is 9.80. The first-order valence-corrected chi connectivity index (χ1v) is 14.6. The molecule has 0 aliphatic carbocycles. The predicted molar refractivity (Wildman–Crippen MR) is 131 cm³/mol. The third-order valence-electron chi connectivity index (χ3n) is 6.44. The third-order valence-corrected chi connectivity index (χ3v) is 7.46. The van der Waals surface area contributed by atoms with E-state index in [-0.39, 0.29) is 6.61 Å². The second-order valence-corrected chi connectivity index (χ2v) is 11.0. The van der Waals surface area contributed by atoms with Gasteiger partial charge in [-0.1, -0.05) is 76.9 Å². The Kier molecular flexibility index (Phi) is 17.0. The van der Waals surface area contributed by atoms with Crippen LogP contribution in [0.25, 0.3) is 0 Å². The molecule has 0 saturated carbocycles. The molecular weight excluding hydrogens is 409 g/mol. The molecule has 0 aromatic rings. The summed E-state index contributed by atoms with van der Waals surface area (Å²) in [6.07, 6.45) is 24.6. The van der Waals surface area contributed by atoms with Crippen LogP contribution in [-0.2, 0) is 13.6 Å². The summed E-state index contributed by atoms with van der Waals surface area (Å²) in [5.74, 6) is 0. The highest BCUT2D eigenvalue weighted by molar-refractivity contribution is 7.47. The van der Waals surface area contributed by atoms with Crippen molar-refractivity contribution in [3.05, 3.63) is 12.2 Å². The van der Waals surface area contributed by atoms with Crippen LogP contribution in [0.2, 0.25) is 0 Å². The van der Waals surface area contributed by atoms with Crippen molar-refractivity contribution >= 4 is 7.82 Å². The summed E-state index contributed by atoms with van der Waals surface area (Å²) in [7, 11) is -1.70. The maximum atomic E-state index is 12.0. The Morgan fingerprint density at radius 1 is 0.774 bits per heavy atom. The lowest BCUT2D eigenvalue weighted by Crippen LogP contribution is -2.43.